The Balaban J connectivity index is 2.10. The lowest BCUT2D eigenvalue weighted by Gasteiger charge is -2.03. The van der Waals surface area contributed by atoms with Gasteiger partial charge in [0.2, 0.25) is 0 Å². The maximum absolute atomic E-state index is 5.18. The maximum Gasteiger partial charge on any atom is 0.259 e. The van der Waals surface area contributed by atoms with E-state index in [1.165, 1.54) is 0 Å². The van der Waals surface area contributed by atoms with Crippen molar-refractivity contribution in [3.05, 3.63) is 29.8 Å². The van der Waals surface area contributed by atoms with Crippen LogP contribution in [-0.4, -0.2) is 21.2 Å². The topological polar surface area (TPSA) is 63.8 Å². The normalized spacial score (nSPS) is 11.1. The van der Waals surface area contributed by atoms with Gasteiger partial charge in [0.05, 0.1) is 12.1 Å². The minimum atomic E-state index is 0.401. The van der Waals surface area contributed by atoms with Gasteiger partial charge in [0.1, 0.15) is 0 Å². The first-order valence-electron chi connectivity index (χ1n) is 5.64. The van der Waals surface area contributed by atoms with Crippen molar-refractivity contribution in [2.75, 3.05) is 0 Å². The van der Waals surface area contributed by atoms with Crippen LogP contribution in [0.2, 0.25) is 0 Å². The van der Waals surface area contributed by atoms with Crippen LogP contribution in [0.3, 0.4) is 0 Å². The van der Waals surface area contributed by atoms with E-state index in [0.717, 1.165) is 11.3 Å². The first-order chi connectivity index (χ1) is 8.15. The summed E-state index contributed by atoms with van der Waals surface area (Å²) in [5.41, 5.74) is 1.81. The van der Waals surface area contributed by atoms with E-state index < -0.39 is 0 Å². The molecule has 1 N–H and O–H groups in total. The molecule has 0 amide bonds. The smallest absolute Gasteiger partial charge is 0.259 e. The van der Waals surface area contributed by atoms with Crippen LogP contribution < -0.4 is 5.32 Å². The number of aryl methyl sites for hydroxylation is 1. The number of hydrogen-bond donors (Lipinski definition) is 1. The highest BCUT2D eigenvalue weighted by atomic mass is 16.5. The quantitative estimate of drug-likeness (QED) is 0.872. The monoisotopic (exact) mass is 232 g/mol. The lowest BCUT2D eigenvalue weighted by molar-refractivity contribution is 0.417. The molecule has 0 atom stereocenters. The molecule has 0 radical (unpaired) electrons. The van der Waals surface area contributed by atoms with E-state index in [-0.39, 0.29) is 0 Å². The number of rotatable bonds is 4. The fourth-order valence-corrected chi connectivity index (χ4v) is 1.33. The highest BCUT2D eigenvalue weighted by Crippen LogP contribution is 2.15. The van der Waals surface area contributed by atoms with E-state index in [1.807, 2.05) is 19.1 Å². The molecule has 5 nitrogen and oxygen atoms in total. The Morgan fingerprint density at radius 2 is 2.18 bits per heavy atom. The molecule has 0 aliphatic carbocycles. The Hall–Kier alpha value is -1.75. The summed E-state index contributed by atoms with van der Waals surface area (Å²) in [6.45, 7) is 6.70. The van der Waals surface area contributed by atoms with E-state index in [1.54, 1.807) is 6.20 Å². The molecular formula is C12H16N4O. The molecule has 0 aliphatic heterocycles. The van der Waals surface area contributed by atoms with Crippen molar-refractivity contribution in [2.45, 2.75) is 33.4 Å². The molecule has 17 heavy (non-hydrogen) atoms. The summed E-state index contributed by atoms with van der Waals surface area (Å²) in [6.07, 6.45) is 1.74. The lowest BCUT2D eigenvalue weighted by Crippen LogP contribution is -2.22. The molecule has 0 saturated carbocycles. The largest absolute Gasteiger partial charge is 0.334 e. The average Bonchev–Trinajstić information content (AvgIpc) is 2.76. The molecule has 5 heteroatoms. The predicted molar refractivity (Wildman–Crippen MR) is 64.2 cm³/mol. The molecular weight excluding hydrogens is 216 g/mol. The van der Waals surface area contributed by atoms with E-state index in [9.17, 15) is 0 Å². The minimum absolute atomic E-state index is 0.401. The average molecular weight is 232 g/mol. The Kier molecular flexibility index (Phi) is 3.49. The van der Waals surface area contributed by atoms with E-state index in [2.05, 4.69) is 34.3 Å². The fraction of sp³-hybridized carbons (Fsp3) is 0.417. The summed E-state index contributed by atoms with van der Waals surface area (Å²) in [5.74, 6) is 1.17. The van der Waals surface area contributed by atoms with Gasteiger partial charge in [0.15, 0.2) is 5.82 Å². The molecule has 2 aromatic heterocycles. The van der Waals surface area contributed by atoms with Crippen molar-refractivity contribution < 1.29 is 4.52 Å². The van der Waals surface area contributed by atoms with Gasteiger partial charge in [0.25, 0.3) is 5.89 Å². The number of nitrogens with one attached hydrogen (secondary N) is 1. The van der Waals surface area contributed by atoms with Crippen LogP contribution in [0.5, 0.6) is 0 Å². The van der Waals surface area contributed by atoms with Crippen LogP contribution in [0.4, 0.5) is 0 Å². The van der Waals surface area contributed by atoms with Crippen LogP contribution >= 0.6 is 0 Å². The molecule has 2 heterocycles. The van der Waals surface area contributed by atoms with E-state index in [0.29, 0.717) is 24.3 Å². The number of pyridine rings is 1. The fourth-order valence-electron chi connectivity index (χ4n) is 1.33. The zero-order valence-electron chi connectivity index (χ0n) is 10.3. The predicted octanol–water partition coefficient (Wildman–Crippen LogP) is 1.94. The van der Waals surface area contributed by atoms with E-state index in [4.69, 9.17) is 4.52 Å². The summed E-state index contributed by atoms with van der Waals surface area (Å²) in [5, 5.41) is 7.15. The van der Waals surface area contributed by atoms with Gasteiger partial charge in [-0.3, -0.25) is 4.98 Å². The first kappa shape index (κ1) is 11.7. The number of hydrogen-bond acceptors (Lipinski definition) is 5. The SMILES string of the molecule is Cc1ccc(-c2nc(CNC(C)C)no2)cn1. The molecule has 0 bridgehead atoms. The van der Waals surface area contributed by atoms with Crippen LogP contribution in [0.15, 0.2) is 22.9 Å². The standard InChI is InChI=1S/C12H16N4O/c1-8(2)13-7-11-15-12(17-16-11)10-5-4-9(3)14-6-10/h4-6,8,13H,7H2,1-3H3. The Morgan fingerprint density at radius 3 is 2.82 bits per heavy atom. The van der Waals surface area contributed by atoms with Gasteiger partial charge in [-0.2, -0.15) is 4.98 Å². The number of nitrogens with zero attached hydrogens (tertiary/aromatic N) is 3. The molecule has 0 aromatic carbocycles. The van der Waals surface area contributed by atoms with Crippen molar-refractivity contribution in [3.8, 4) is 11.5 Å². The molecule has 0 fully saturated rings. The molecule has 2 rings (SSSR count). The van der Waals surface area contributed by atoms with Gasteiger partial charge in [-0.05, 0) is 19.1 Å². The van der Waals surface area contributed by atoms with Crippen LogP contribution in [0.25, 0.3) is 11.5 Å². The van der Waals surface area contributed by atoms with Crippen molar-refractivity contribution in [1.29, 1.82) is 0 Å². The van der Waals surface area contributed by atoms with Gasteiger partial charge < -0.3 is 9.84 Å². The third-order valence-electron chi connectivity index (χ3n) is 2.29. The zero-order valence-corrected chi connectivity index (χ0v) is 10.3. The number of aromatic nitrogens is 3. The first-order valence-corrected chi connectivity index (χ1v) is 5.64. The van der Waals surface area contributed by atoms with Gasteiger partial charge in [-0.1, -0.05) is 19.0 Å². The van der Waals surface area contributed by atoms with Crippen molar-refractivity contribution >= 4 is 0 Å². The summed E-state index contributed by atoms with van der Waals surface area (Å²) in [7, 11) is 0. The molecule has 0 saturated heterocycles. The Labute approximate surface area is 100 Å². The maximum atomic E-state index is 5.18. The second-order valence-corrected chi connectivity index (χ2v) is 4.24. The van der Waals surface area contributed by atoms with Crippen LogP contribution in [0.1, 0.15) is 25.4 Å². The highest BCUT2D eigenvalue weighted by Gasteiger charge is 2.08. The third kappa shape index (κ3) is 3.10. The molecule has 90 valence electrons. The van der Waals surface area contributed by atoms with Crippen LogP contribution in [0, 0.1) is 6.92 Å². The Bertz CT molecular complexity index is 476. The molecule has 2 aromatic rings. The lowest BCUT2D eigenvalue weighted by atomic mass is 10.2. The minimum Gasteiger partial charge on any atom is -0.334 e. The summed E-state index contributed by atoms with van der Waals surface area (Å²) in [4.78, 5) is 8.50. The van der Waals surface area contributed by atoms with Gasteiger partial charge in [0, 0.05) is 17.9 Å². The second-order valence-electron chi connectivity index (χ2n) is 4.24. The Morgan fingerprint density at radius 1 is 1.35 bits per heavy atom. The van der Waals surface area contributed by atoms with Crippen molar-refractivity contribution in [3.63, 3.8) is 0 Å². The molecule has 0 spiro atoms. The van der Waals surface area contributed by atoms with Gasteiger partial charge in [-0.15, -0.1) is 0 Å². The summed E-state index contributed by atoms with van der Waals surface area (Å²) in [6, 6.07) is 4.25. The van der Waals surface area contributed by atoms with Crippen molar-refractivity contribution in [2.24, 2.45) is 0 Å². The van der Waals surface area contributed by atoms with E-state index >= 15 is 0 Å². The third-order valence-corrected chi connectivity index (χ3v) is 2.29. The summed E-state index contributed by atoms with van der Waals surface area (Å²) >= 11 is 0. The van der Waals surface area contributed by atoms with Gasteiger partial charge >= 0.3 is 0 Å². The highest BCUT2D eigenvalue weighted by molar-refractivity contribution is 5.50. The second kappa shape index (κ2) is 5.05. The van der Waals surface area contributed by atoms with Crippen molar-refractivity contribution in [1.82, 2.24) is 20.4 Å². The molecule has 0 unspecified atom stereocenters. The summed E-state index contributed by atoms with van der Waals surface area (Å²) < 4.78 is 5.18. The zero-order chi connectivity index (χ0) is 12.3. The van der Waals surface area contributed by atoms with Crippen LogP contribution in [-0.2, 0) is 6.54 Å². The van der Waals surface area contributed by atoms with Gasteiger partial charge in [-0.25, -0.2) is 0 Å². The molecule has 0 aliphatic rings.